The molecule has 0 unspecified atom stereocenters. The Kier molecular flexibility index (Phi) is 6.62. The van der Waals surface area contributed by atoms with Crippen molar-refractivity contribution in [3.05, 3.63) is 45.3 Å². The summed E-state index contributed by atoms with van der Waals surface area (Å²) in [6.45, 7) is 6.80. The third-order valence-corrected chi connectivity index (χ3v) is 9.15. The SMILES string of the molecule is Cn1c(SCC(=O)Nc2sc3c(c2C#N)CC[C@H](C(C)(C)C)C3)nnc1-c1cc2cc(Cl)ccc2o1. The Morgan fingerprint density at radius 3 is 2.92 bits per heavy atom. The van der Waals surface area contributed by atoms with Gasteiger partial charge in [0.05, 0.1) is 11.3 Å². The molecule has 0 spiro atoms. The number of fused-ring (bicyclic) bond motifs is 2. The first-order valence-electron chi connectivity index (χ1n) is 11.7. The van der Waals surface area contributed by atoms with Crippen molar-refractivity contribution >= 4 is 56.6 Å². The molecular weight excluding hydrogens is 514 g/mol. The average Bonchev–Trinajstić information content (AvgIpc) is 3.50. The number of furan rings is 1. The lowest BCUT2D eigenvalue weighted by molar-refractivity contribution is -0.113. The molecule has 1 atom stereocenters. The third-order valence-electron chi connectivity index (χ3n) is 6.72. The maximum absolute atomic E-state index is 12.8. The zero-order valence-electron chi connectivity index (χ0n) is 20.5. The molecule has 3 heterocycles. The van der Waals surface area contributed by atoms with Gasteiger partial charge in [0.15, 0.2) is 16.7 Å². The molecule has 5 rings (SSSR count). The maximum atomic E-state index is 12.8. The first-order chi connectivity index (χ1) is 17.1. The van der Waals surface area contributed by atoms with Crippen LogP contribution in [0, 0.1) is 22.7 Å². The number of hydrogen-bond donors (Lipinski definition) is 1. The summed E-state index contributed by atoms with van der Waals surface area (Å²) < 4.78 is 7.70. The molecule has 0 radical (unpaired) electrons. The van der Waals surface area contributed by atoms with Crippen molar-refractivity contribution in [3.8, 4) is 17.7 Å². The van der Waals surface area contributed by atoms with E-state index in [1.165, 1.54) is 16.6 Å². The van der Waals surface area contributed by atoms with E-state index >= 15 is 0 Å². The topological polar surface area (TPSA) is 96.7 Å². The Morgan fingerprint density at radius 1 is 1.36 bits per heavy atom. The maximum Gasteiger partial charge on any atom is 0.235 e. The second-order valence-corrected chi connectivity index (χ2v) is 12.6. The van der Waals surface area contributed by atoms with Crippen LogP contribution in [0.3, 0.4) is 0 Å². The van der Waals surface area contributed by atoms with E-state index in [9.17, 15) is 10.1 Å². The molecule has 1 aromatic carbocycles. The molecule has 0 aliphatic heterocycles. The smallest absolute Gasteiger partial charge is 0.235 e. The lowest BCUT2D eigenvalue weighted by Crippen LogP contribution is -2.26. The summed E-state index contributed by atoms with van der Waals surface area (Å²) in [4.78, 5) is 14.0. The van der Waals surface area contributed by atoms with Crippen molar-refractivity contribution in [1.82, 2.24) is 14.8 Å². The number of rotatable bonds is 5. The minimum absolute atomic E-state index is 0.153. The first kappa shape index (κ1) is 24.9. The Hall–Kier alpha value is -2.80. The van der Waals surface area contributed by atoms with Gasteiger partial charge < -0.3 is 14.3 Å². The number of thiophene rings is 1. The number of nitrogens with zero attached hydrogens (tertiary/aromatic N) is 4. The number of benzene rings is 1. The number of halogens is 1. The number of thioether (sulfide) groups is 1. The highest BCUT2D eigenvalue weighted by Crippen LogP contribution is 2.44. The number of hydrogen-bond acceptors (Lipinski definition) is 7. The average molecular weight is 540 g/mol. The van der Waals surface area contributed by atoms with Crippen LogP contribution in [-0.4, -0.2) is 26.4 Å². The number of anilines is 1. The third kappa shape index (κ3) is 4.77. The van der Waals surface area contributed by atoms with Gasteiger partial charge >= 0.3 is 0 Å². The van der Waals surface area contributed by atoms with Gasteiger partial charge in [-0.15, -0.1) is 21.5 Å². The fourth-order valence-corrected chi connectivity index (χ4v) is 6.79. The van der Waals surface area contributed by atoms with Crippen LogP contribution in [0.5, 0.6) is 0 Å². The van der Waals surface area contributed by atoms with Crippen molar-refractivity contribution < 1.29 is 9.21 Å². The van der Waals surface area contributed by atoms with E-state index in [-0.39, 0.29) is 17.1 Å². The summed E-state index contributed by atoms with van der Waals surface area (Å²) in [7, 11) is 1.84. The first-order valence-corrected chi connectivity index (χ1v) is 13.9. The Morgan fingerprint density at radius 2 is 2.17 bits per heavy atom. The van der Waals surface area contributed by atoms with E-state index in [4.69, 9.17) is 16.0 Å². The highest BCUT2D eigenvalue weighted by molar-refractivity contribution is 7.99. The van der Waals surface area contributed by atoms with Crippen molar-refractivity contribution in [2.45, 2.75) is 45.2 Å². The predicted molar refractivity (Wildman–Crippen MR) is 145 cm³/mol. The second kappa shape index (κ2) is 9.58. The summed E-state index contributed by atoms with van der Waals surface area (Å²) in [5, 5.41) is 24.0. The molecule has 0 fully saturated rings. The van der Waals surface area contributed by atoms with Crippen LogP contribution in [0.4, 0.5) is 5.00 Å². The van der Waals surface area contributed by atoms with E-state index in [0.29, 0.717) is 43.8 Å². The van der Waals surface area contributed by atoms with Crippen molar-refractivity contribution in [2.24, 2.45) is 18.4 Å². The Labute approximate surface area is 222 Å². The normalized spacial score (nSPS) is 15.6. The van der Waals surface area contributed by atoms with Gasteiger partial charge in [0.2, 0.25) is 5.91 Å². The summed E-state index contributed by atoms with van der Waals surface area (Å²) in [6.07, 6.45) is 2.91. The van der Waals surface area contributed by atoms with E-state index in [1.807, 2.05) is 25.2 Å². The highest BCUT2D eigenvalue weighted by atomic mass is 35.5. The van der Waals surface area contributed by atoms with E-state index in [2.05, 4.69) is 42.4 Å². The molecule has 4 aromatic rings. The van der Waals surface area contributed by atoms with Gasteiger partial charge in [0, 0.05) is 22.3 Å². The lowest BCUT2D eigenvalue weighted by atomic mass is 9.72. The molecule has 0 bridgehead atoms. The van der Waals surface area contributed by atoms with E-state index < -0.39 is 0 Å². The van der Waals surface area contributed by atoms with Crippen LogP contribution in [-0.2, 0) is 24.7 Å². The van der Waals surface area contributed by atoms with Crippen LogP contribution in [0.25, 0.3) is 22.6 Å². The molecule has 1 amide bonds. The molecule has 10 heteroatoms. The van der Waals surface area contributed by atoms with Gasteiger partial charge in [0.1, 0.15) is 16.7 Å². The van der Waals surface area contributed by atoms with Crippen LogP contribution in [0.1, 0.15) is 43.2 Å². The molecule has 36 heavy (non-hydrogen) atoms. The Balaban J connectivity index is 1.27. The molecule has 7 nitrogen and oxygen atoms in total. The largest absolute Gasteiger partial charge is 0.453 e. The van der Waals surface area contributed by atoms with Crippen LogP contribution < -0.4 is 5.32 Å². The summed E-state index contributed by atoms with van der Waals surface area (Å²) in [6, 6.07) is 9.63. The quantitative estimate of drug-likeness (QED) is 0.283. The lowest BCUT2D eigenvalue weighted by Gasteiger charge is -2.33. The van der Waals surface area contributed by atoms with Crippen LogP contribution in [0.15, 0.2) is 33.8 Å². The van der Waals surface area contributed by atoms with E-state index in [1.54, 1.807) is 22.0 Å². The molecule has 0 saturated heterocycles. The number of nitriles is 1. The van der Waals surface area contributed by atoms with Crippen molar-refractivity contribution in [2.75, 3.05) is 11.1 Å². The molecule has 1 aliphatic rings. The number of nitrogens with one attached hydrogen (secondary N) is 1. The minimum atomic E-state index is -0.176. The predicted octanol–water partition coefficient (Wildman–Crippen LogP) is 6.70. The fraction of sp³-hybridized carbons (Fsp3) is 0.385. The number of carbonyl (C=O) groups excluding carboxylic acids is 1. The summed E-state index contributed by atoms with van der Waals surface area (Å²) in [5.74, 6) is 1.69. The van der Waals surface area contributed by atoms with Gasteiger partial charge in [-0.2, -0.15) is 5.26 Å². The standard InChI is InChI=1S/C26H26ClN5O2S2/c1-26(2,3)15-5-7-17-18(12-28)24(36-21(17)11-15)29-22(33)13-35-25-31-30-23(32(25)4)20-10-14-9-16(27)6-8-19(14)34-20/h6,8-10,15H,5,7,11,13H2,1-4H3,(H,29,33)/t15-/m0/s1. The zero-order valence-corrected chi connectivity index (χ0v) is 22.9. The number of carbonyl (C=O) groups is 1. The second-order valence-electron chi connectivity index (χ2n) is 10.1. The van der Waals surface area contributed by atoms with Crippen LogP contribution >= 0.6 is 34.7 Å². The van der Waals surface area contributed by atoms with Gasteiger partial charge in [0.25, 0.3) is 0 Å². The van der Waals surface area contributed by atoms with Crippen molar-refractivity contribution in [3.63, 3.8) is 0 Å². The number of amides is 1. The summed E-state index contributed by atoms with van der Waals surface area (Å²) >= 11 is 8.91. The molecular formula is C26H26ClN5O2S2. The monoisotopic (exact) mass is 539 g/mol. The molecule has 1 aliphatic carbocycles. The van der Waals surface area contributed by atoms with Gasteiger partial charge in [-0.1, -0.05) is 44.1 Å². The molecule has 1 N–H and O–H groups in total. The van der Waals surface area contributed by atoms with Gasteiger partial charge in [-0.25, -0.2) is 0 Å². The summed E-state index contributed by atoms with van der Waals surface area (Å²) in [5.41, 5.74) is 2.66. The molecule has 3 aromatic heterocycles. The van der Waals surface area contributed by atoms with Crippen LogP contribution in [0.2, 0.25) is 5.02 Å². The molecule has 0 saturated carbocycles. The highest BCUT2D eigenvalue weighted by Gasteiger charge is 2.32. The fourth-order valence-electron chi connectivity index (χ4n) is 4.60. The van der Waals surface area contributed by atoms with E-state index in [0.717, 1.165) is 30.2 Å². The van der Waals surface area contributed by atoms with Gasteiger partial charge in [-0.3, -0.25) is 4.79 Å². The van der Waals surface area contributed by atoms with Crippen molar-refractivity contribution in [1.29, 1.82) is 5.26 Å². The minimum Gasteiger partial charge on any atom is -0.453 e. The Bertz CT molecular complexity index is 1510. The van der Waals surface area contributed by atoms with Gasteiger partial charge in [-0.05, 0) is 60.4 Å². The number of aromatic nitrogens is 3. The zero-order chi connectivity index (χ0) is 25.6. The molecule has 186 valence electrons.